The lowest BCUT2D eigenvalue weighted by Gasteiger charge is -2.08. The van der Waals surface area contributed by atoms with Crippen LogP contribution in [0.4, 0.5) is 8.78 Å². The molecule has 1 N–H and O–H groups in total. The average Bonchev–Trinajstić information content (AvgIpc) is 1.98. The van der Waals surface area contributed by atoms with E-state index < -0.39 is 18.8 Å². The van der Waals surface area contributed by atoms with E-state index in [1.165, 1.54) is 11.1 Å². The van der Waals surface area contributed by atoms with Gasteiger partial charge in [-0.25, -0.2) is 8.78 Å². The van der Waals surface area contributed by atoms with E-state index in [-0.39, 0.29) is 5.57 Å². The van der Waals surface area contributed by atoms with Gasteiger partial charge in [0.05, 0.1) is 6.61 Å². The molecule has 0 aliphatic heterocycles. The summed E-state index contributed by atoms with van der Waals surface area (Å²) in [7, 11) is 3.16. The van der Waals surface area contributed by atoms with Crippen LogP contribution in [0.5, 0.6) is 0 Å². The number of Topliss-reactive ketones (excluding diaryl/α,β-unsaturated/α-hetero) is 1. The summed E-state index contributed by atoms with van der Waals surface area (Å²) in [6.07, 6.45) is -1.88. The number of carbonyl (C=O) groups excluding carboxylic acids is 1. The van der Waals surface area contributed by atoms with E-state index in [0.29, 0.717) is 0 Å². The molecule has 3 nitrogen and oxygen atoms in total. The van der Waals surface area contributed by atoms with Gasteiger partial charge in [0.25, 0.3) is 6.43 Å². The summed E-state index contributed by atoms with van der Waals surface area (Å²) in [6, 6.07) is 0. The lowest BCUT2D eigenvalue weighted by Crippen LogP contribution is -2.18. The van der Waals surface area contributed by atoms with Gasteiger partial charge in [-0.1, -0.05) is 0 Å². The Labute approximate surface area is 69.3 Å². The van der Waals surface area contributed by atoms with Crippen molar-refractivity contribution in [3.63, 3.8) is 0 Å². The molecule has 12 heavy (non-hydrogen) atoms. The van der Waals surface area contributed by atoms with Crippen molar-refractivity contribution in [2.75, 3.05) is 20.7 Å². The molecule has 0 atom stereocenters. The maximum absolute atomic E-state index is 11.8. The molecule has 0 saturated carbocycles. The second-order valence-corrected chi connectivity index (χ2v) is 2.44. The van der Waals surface area contributed by atoms with E-state index in [1.54, 1.807) is 14.1 Å². The van der Waals surface area contributed by atoms with Gasteiger partial charge in [-0.2, -0.15) is 0 Å². The molecule has 0 bridgehead atoms. The molecule has 0 rings (SSSR count). The zero-order chi connectivity index (χ0) is 9.72. The summed E-state index contributed by atoms with van der Waals surface area (Å²) in [5, 5.41) is 8.55. The average molecular weight is 179 g/mol. The van der Waals surface area contributed by atoms with Crippen LogP contribution < -0.4 is 0 Å². The number of ketones is 1. The molecular formula is C7H11F2NO2. The normalized spacial score (nSPS) is 12.0. The number of aliphatic hydroxyl groups is 1. The molecule has 0 heterocycles. The Hall–Kier alpha value is -0.970. The Morgan fingerprint density at radius 2 is 2.08 bits per heavy atom. The van der Waals surface area contributed by atoms with Crippen LogP contribution in [0, 0.1) is 0 Å². The number of halogens is 2. The summed E-state index contributed by atoms with van der Waals surface area (Å²) in [6.45, 7) is -0.665. The smallest absolute Gasteiger partial charge is 0.300 e. The van der Waals surface area contributed by atoms with Gasteiger partial charge >= 0.3 is 0 Å². The third-order valence-corrected chi connectivity index (χ3v) is 1.10. The van der Waals surface area contributed by atoms with Gasteiger partial charge in [-0.05, 0) is 0 Å². The van der Waals surface area contributed by atoms with Gasteiger partial charge < -0.3 is 10.0 Å². The van der Waals surface area contributed by atoms with Crippen molar-refractivity contribution in [3.05, 3.63) is 11.8 Å². The standard InChI is InChI=1S/C7H11F2NO2/c1-10(2)3-5(4-11)6(12)7(8)9/h3,7,11H,4H2,1-2H3/b5-3+. The van der Waals surface area contributed by atoms with E-state index >= 15 is 0 Å². The molecule has 0 aromatic rings. The summed E-state index contributed by atoms with van der Waals surface area (Å²) < 4.78 is 23.6. The highest BCUT2D eigenvalue weighted by molar-refractivity contribution is 5.97. The first-order valence-electron chi connectivity index (χ1n) is 3.29. The van der Waals surface area contributed by atoms with Crippen LogP contribution in [-0.4, -0.2) is 42.9 Å². The van der Waals surface area contributed by atoms with Crippen molar-refractivity contribution in [3.8, 4) is 0 Å². The van der Waals surface area contributed by atoms with Crippen LogP contribution in [0.2, 0.25) is 0 Å². The highest BCUT2D eigenvalue weighted by Gasteiger charge is 2.19. The predicted octanol–water partition coefficient (Wildman–Crippen LogP) is 0.258. The number of hydrogen-bond acceptors (Lipinski definition) is 3. The van der Waals surface area contributed by atoms with E-state index in [1.807, 2.05) is 0 Å². The van der Waals surface area contributed by atoms with Gasteiger partial charge in [-0.15, -0.1) is 0 Å². The molecule has 0 aromatic heterocycles. The first-order valence-corrected chi connectivity index (χ1v) is 3.29. The van der Waals surface area contributed by atoms with E-state index in [0.717, 1.165) is 0 Å². The van der Waals surface area contributed by atoms with Crippen molar-refractivity contribution in [2.45, 2.75) is 6.43 Å². The number of aliphatic hydroxyl groups excluding tert-OH is 1. The van der Waals surface area contributed by atoms with Crippen molar-refractivity contribution >= 4 is 5.78 Å². The van der Waals surface area contributed by atoms with Crippen LogP contribution in [0.25, 0.3) is 0 Å². The van der Waals surface area contributed by atoms with E-state index in [9.17, 15) is 13.6 Å². The molecule has 5 heteroatoms. The molecule has 0 unspecified atom stereocenters. The minimum absolute atomic E-state index is 0.282. The topological polar surface area (TPSA) is 40.5 Å². The van der Waals surface area contributed by atoms with Crippen LogP contribution in [0.3, 0.4) is 0 Å². The van der Waals surface area contributed by atoms with E-state index in [2.05, 4.69) is 0 Å². The fraction of sp³-hybridized carbons (Fsp3) is 0.571. The van der Waals surface area contributed by atoms with Crippen molar-refractivity contribution in [1.82, 2.24) is 4.90 Å². The maximum Gasteiger partial charge on any atom is 0.300 e. The van der Waals surface area contributed by atoms with Gasteiger partial charge in [-0.3, -0.25) is 4.79 Å². The monoisotopic (exact) mass is 179 g/mol. The Morgan fingerprint density at radius 3 is 2.33 bits per heavy atom. The third-order valence-electron chi connectivity index (χ3n) is 1.10. The minimum Gasteiger partial charge on any atom is -0.391 e. The zero-order valence-corrected chi connectivity index (χ0v) is 6.92. The highest BCUT2D eigenvalue weighted by Crippen LogP contribution is 2.04. The summed E-state index contributed by atoms with van der Waals surface area (Å²) >= 11 is 0. The molecule has 70 valence electrons. The molecule has 0 saturated heterocycles. The first kappa shape index (κ1) is 11.0. The number of hydrogen-bond donors (Lipinski definition) is 1. The van der Waals surface area contributed by atoms with Crippen LogP contribution in [0.15, 0.2) is 11.8 Å². The lowest BCUT2D eigenvalue weighted by atomic mass is 10.2. The molecule has 0 spiro atoms. The Morgan fingerprint density at radius 1 is 1.58 bits per heavy atom. The first-order chi connectivity index (χ1) is 5.49. The largest absolute Gasteiger partial charge is 0.391 e. The highest BCUT2D eigenvalue weighted by atomic mass is 19.3. The Kier molecular flexibility index (Phi) is 4.43. The number of nitrogens with zero attached hydrogens (tertiary/aromatic N) is 1. The maximum atomic E-state index is 11.8. The molecule has 0 aromatic carbocycles. The summed E-state index contributed by atoms with van der Waals surface area (Å²) in [5.41, 5.74) is -0.282. The van der Waals surface area contributed by atoms with Gasteiger partial charge in [0, 0.05) is 25.9 Å². The van der Waals surface area contributed by atoms with Crippen LogP contribution in [-0.2, 0) is 4.79 Å². The van der Waals surface area contributed by atoms with Crippen molar-refractivity contribution in [1.29, 1.82) is 0 Å². The lowest BCUT2D eigenvalue weighted by molar-refractivity contribution is -0.126. The molecule has 0 amide bonds. The molecule has 0 aliphatic rings. The Balaban J connectivity index is 4.45. The van der Waals surface area contributed by atoms with Crippen LogP contribution in [0.1, 0.15) is 0 Å². The number of rotatable bonds is 4. The van der Waals surface area contributed by atoms with Crippen molar-refractivity contribution in [2.24, 2.45) is 0 Å². The SMILES string of the molecule is CN(C)/C=C(\CO)C(=O)C(F)F. The van der Waals surface area contributed by atoms with Crippen molar-refractivity contribution < 1.29 is 18.7 Å². The number of carbonyl (C=O) groups is 1. The van der Waals surface area contributed by atoms with Gasteiger partial charge in [0.1, 0.15) is 0 Å². The summed E-state index contributed by atoms with van der Waals surface area (Å²) in [5.74, 6) is -1.33. The fourth-order valence-corrected chi connectivity index (χ4v) is 0.634. The predicted molar refractivity (Wildman–Crippen MR) is 39.9 cm³/mol. The minimum atomic E-state index is -3.05. The fourth-order valence-electron chi connectivity index (χ4n) is 0.634. The third kappa shape index (κ3) is 3.43. The molecule has 0 fully saturated rings. The second-order valence-electron chi connectivity index (χ2n) is 2.44. The van der Waals surface area contributed by atoms with Gasteiger partial charge in [0.2, 0.25) is 5.78 Å². The van der Waals surface area contributed by atoms with E-state index in [4.69, 9.17) is 5.11 Å². The zero-order valence-electron chi connectivity index (χ0n) is 6.92. The molecule has 0 radical (unpaired) electrons. The molecular weight excluding hydrogens is 168 g/mol. The second kappa shape index (κ2) is 4.82. The Bertz CT molecular complexity index is 190. The van der Waals surface area contributed by atoms with Crippen LogP contribution >= 0.6 is 0 Å². The number of alkyl halides is 2. The molecule has 0 aliphatic carbocycles. The van der Waals surface area contributed by atoms with Gasteiger partial charge in [0.15, 0.2) is 0 Å². The quantitative estimate of drug-likeness (QED) is 0.629. The summed E-state index contributed by atoms with van der Waals surface area (Å²) in [4.78, 5) is 12.0.